The normalized spacial score (nSPS) is 10.4. The topological polar surface area (TPSA) is 46.5 Å². The summed E-state index contributed by atoms with van der Waals surface area (Å²) in [4.78, 5) is 10.2. The third kappa shape index (κ3) is 11.8. The minimum absolute atomic E-state index is 0.308. The molecule has 4 heteroatoms. The second kappa shape index (κ2) is 10.9. The van der Waals surface area contributed by atoms with E-state index in [9.17, 15) is 4.79 Å². The van der Waals surface area contributed by atoms with Gasteiger partial charge in [0.1, 0.15) is 0 Å². The Bertz CT molecular complexity index is 139. The lowest BCUT2D eigenvalue weighted by Crippen LogP contribution is -1.94. The van der Waals surface area contributed by atoms with Crippen molar-refractivity contribution in [3.05, 3.63) is 0 Å². The minimum atomic E-state index is -0.688. The van der Waals surface area contributed by atoms with Crippen molar-refractivity contribution in [3.63, 3.8) is 0 Å². The van der Waals surface area contributed by atoms with Gasteiger partial charge in [-0.15, -0.1) is 0 Å². The molecule has 0 saturated carbocycles. The van der Waals surface area contributed by atoms with Crippen LogP contribution in [0.5, 0.6) is 0 Å². The average Bonchev–Trinajstić information content (AvgIpc) is 2.15. The van der Waals surface area contributed by atoms with Crippen molar-refractivity contribution in [3.8, 4) is 0 Å². The molecule has 84 valence electrons. The Morgan fingerprint density at radius 3 is 2.21 bits per heavy atom. The zero-order chi connectivity index (χ0) is 10.6. The fourth-order valence-electron chi connectivity index (χ4n) is 1.25. The molecule has 0 fully saturated rings. The van der Waals surface area contributed by atoms with Crippen LogP contribution in [-0.4, -0.2) is 23.6 Å². The number of carbonyl (C=O) groups is 1. The van der Waals surface area contributed by atoms with Crippen molar-refractivity contribution in [1.82, 2.24) is 0 Å². The summed E-state index contributed by atoms with van der Waals surface area (Å²) in [6, 6.07) is 0. The Morgan fingerprint density at radius 2 is 1.64 bits per heavy atom. The number of thiol groups is 1. The van der Waals surface area contributed by atoms with Crippen LogP contribution < -0.4 is 0 Å². The van der Waals surface area contributed by atoms with Gasteiger partial charge in [0.15, 0.2) is 0 Å². The summed E-state index contributed by atoms with van der Waals surface area (Å²) in [5, 5.41) is 8.39. The standard InChI is InChI=1S/C10H20O3S/c11-10(12)7-5-3-1-2-4-6-8-13-9-14/h14H,1-9H2,(H,11,12). The van der Waals surface area contributed by atoms with Gasteiger partial charge < -0.3 is 9.84 Å². The van der Waals surface area contributed by atoms with Gasteiger partial charge in [0.25, 0.3) is 0 Å². The van der Waals surface area contributed by atoms with E-state index in [1.54, 1.807) is 0 Å². The molecule has 14 heavy (non-hydrogen) atoms. The van der Waals surface area contributed by atoms with Gasteiger partial charge in [-0.05, 0) is 12.8 Å². The molecule has 0 aromatic rings. The van der Waals surface area contributed by atoms with Crippen LogP contribution in [0.2, 0.25) is 0 Å². The lowest BCUT2D eigenvalue weighted by molar-refractivity contribution is -0.137. The summed E-state index contributed by atoms with van der Waals surface area (Å²) in [6.45, 7) is 0.790. The van der Waals surface area contributed by atoms with Crippen molar-refractivity contribution in [2.45, 2.75) is 44.9 Å². The number of carboxylic acids is 1. The third-order valence-corrected chi connectivity index (χ3v) is 2.20. The number of carboxylic acid groups (broad SMARTS) is 1. The van der Waals surface area contributed by atoms with Gasteiger partial charge in [-0.2, -0.15) is 12.6 Å². The van der Waals surface area contributed by atoms with E-state index in [-0.39, 0.29) is 0 Å². The molecule has 3 nitrogen and oxygen atoms in total. The van der Waals surface area contributed by atoms with Crippen LogP contribution in [-0.2, 0) is 9.53 Å². The summed E-state index contributed by atoms with van der Waals surface area (Å²) in [6.07, 6.45) is 6.70. The number of ether oxygens (including phenoxy) is 1. The Morgan fingerprint density at radius 1 is 1.07 bits per heavy atom. The van der Waals surface area contributed by atoms with Gasteiger partial charge in [-0.3, -0.25) is 4.79 Å². The van der Waals surface area contributed by atoms with Crippen LogP contribution in [0, 0.1) is 0 Å². The molecule has 0 unspecified atom stereocenters. The van der Waals surface area contributed by atoms with Crippen molar-refractivity contribution in [2.75, 3.05) is 12.5 Å². The number of unbranched alkanes of at least 4 members (excludes halogenated alkanes) is 5. The molecule has 1 N–H and O–H groups in total. The highest BCUT2D eigenvalue weighted by Crippen LogP contribution is 2.07. The molecular formula is C10H20O3S. The van der Waals surface area contributed by atoms with E-state index in [0.717, 1.165) is 32.3 Å². The van der Waals surface area contributed by atoms with Crippen molar-refractivity contribution in [1.29, 1.82) is 0 Å². The minimum Gasteiger partial charge on any atom is -0.481 e. The molecule has 0 radical (unpaired) electrons. The van der Waals surface area contributed by atoms with Crippen molar-refractivity contribution >= 4 is 18.6 Å². The van der Waals surface area contributed by atoms with Crippen molar-refractivity contribution in [2.24, 2.45) is 0 Å². The first-order valence-electron chi connectivity index (χ1n) is 5.17. The molecule has 0 aliphatic heterocycles. The fourth-order valence-corrected chi connectivity index (χ4v) is 1.38. The maximum Gasteiger partial charge on any atom is 0.303 e. The predicted octanol–water partition coefficient (Wildman–Crippen LogP) is 2.71. The zero-order valence-electron chi connectivity index (χ0n) is 8.57. The SMILES string of the molecule is O=C(O)CCCCCCCCOCS. The summed E-state index contributed by atoms with van der Waals surface area (Å²) < 4.78 is 5.08. The first-order chi connectivity index (χ1) is 6.77. The van der Waals surface area contributed by atoms with Gasteiger partial charge in [0.05, 0.1) is 5.94 Å². The lowest BCUT2D eigenvalue weighted by atomic mass is 10.1. The van der Waals surface area contributed by atoms with Crippen LogP contribution in [0.1, 0.15) is 44.9 Å². The monoisotopic (exact) mass is 220 g/mol. The first-order valence-corrected chi connectivity index (χ1v) is 5.81. The van der Waals surface area contributed by atoms with Crippen LogP contribution in [0.4, 0.5) is 0 Å². The molecule has 0 aromatic carbocycles. The van der Waals surface area contributed by atoms with E-state index in [0.29, 0.717) is 12.4 Å². The Labute approximate surface area is 91.2 Å². The van der Waals surface area contributed by atoms with E-state index in [4.69, 9.17) is 9.84 Å². The largest absolute Gasteiger partial charge is 0.481 e. The van der Waals surface area contributed by atoms with E-state index in [1.165, 1.54) is 12.8 Å². The van der Waals surface area contributed by atoms with Crippen LogP contribution in [0.3, 0.4) is 0 Å². The quantitative estimate of drug-likeness (QED) is 0.338. The van der Waals surface area contributed by atoms with E-state index < -0.39 is 5.97 Å². The Kier molecular flexibility index (Phi) is 10.7. The van der Waals surface area contributed by atoms with Gasteiger partial charge in [0.2, 0.25) is 0 Å². The fraction of sp³-hybridized carbons (Fsp3) is 0.900. The van der Waals surface area contributed by atoms with Crippen LogP contribution in [0.25, 0.3) is 0 Å². The summed E-state index contributed by atoms with van der Waals surface area (Å²) in [7, 11) is 0. The molecule has 0 aromatic heterocycles. The average molecular weight is 220 g/mol. The molecule has 0 aliphatic rings. The number of hydrogen-bond donors (Lipinski definition) is 2. The number of aliphatic carboxylic acids is 1. The highest BCUT2D eigenvalue weighted by Gasteiger charge is 1.96. The summed E-state index contributed by atoms with van der Waals surface area (Å²) in [5.74, 6) is -0.189. The van der Waals surface area contributed by atoms with E-state index >= 15 is 0 Å². The van der Waals surface area contributed by atoms with Gasteiger partial charge in [-0.1, -0.05) is 25.7 Å². The highest BCUT2D eigenvalue weighted by atomic mass is 32.1. The van der Waals surface area contributed by atoms with Gasteiger partial charge in [-0.25, -0.2) is 0 Å². The molecule has 0 rings (SSSR count). The number of rotatable bonds is 10. The van der Waals surface area contributed by atoms with Crippen LogP contribution >= 0.6 is 12.6 Å². The maximum atomic E-state index is 10.2. The molecule has 0 amide bonds. The Balaban J connectivity index is 2.88. The maximum absolute atomic E-state index is 10.2. The number of hydrogen-bond acceptors (Lipinski definition) is 3. The summed E-state index contributed by atoms with van der Waals surface area (Å²) >= 11 is 3.93. The highest BCUT2D eigenvalue weighted by molar-refractivity contribution is 7.80. The van der Waals surface area contributed by atoms with E-state index in [1.807, 2.05) is 0 Å². The zero-order valence-corrected chi connectivity index (χ0v) is 9.47. The first kappa shape index (κ1) is 13.8. The molecular weight excluding hydrogens is 200 g/mol. The second-order valence-electron chi connectivity index (χ2n) is 3.30. The molecule has 0 bridgehead atoms. The molecule has 0 heterocycles. The lowest BCUT2D eigenvalue weighted by Gasteiger charge is -2.01. The summed E-state index contributed by atoms with van der Waals surface area (Å²) in [5.41, 5.74) is 0. The van der Waals surface area contributed by atoms with Crippen molar-refractivity contribution < 1.29 is 14.6 Å². The molecule has 0 atom stereocenters. The molecule has 0 saturated heterocycles. The van der Waals surface area contributed by atoms with Gasteiger partial charge in [0, 0.05) is 13.0 Å². The third-order valence-electron chi connectivity index (χ3n) is 2.02. The second-order valence-corrected chi connectivity index (χ2v) is 3.56. The molecule has 0 spiro atoms. The smallest absolute Gasteiger partial charge is 0.303 e. The Hall–Kier alpha value is -0.220. The van der Waals surface area contributed by atoms with E-state index in [2.05, 4.69) is 12.6 Å². The predicted molar refractivity (Wildman–Crippen MR) is 59.8 cm³/mol. The van der Waals surface area contributed by atoms with Crippen LogP contribution in [0.15, 0.2) is 0 Å². The van der Waals surface area contributed by atoms with Gasteiger partial charge >= 0.3 is 5.97 Å². The molecule has 0 aliphatic carbocycles.